The molecule has 1 fully saturated rings. The minimum atomic E-state index is 0. The zero-order chi connectivity index (χ0) is 16.4. The lowest BCUT2D eigenvalue weighted by molar-refractivity contribution is -0.130. The number of hydrogen-bond donors (Lipinski definition) is 1. The summed E-state index contributed by atoms with van der Waals surface area (Å²) in [6, 6.07) is 8.54. The fourth-order valence-corrected chi connectivity index (χ4v) is 3.57. The molecule has 1 aliphatic rings. The van der Waals surface area contributed by atoms with Crippen molar-refractivity contribution in [3.05, 3.63) is 35.5 Å². The molecule has 1 aromatic heterocycles. The van der Waals surface area contributed by atoms with Crippen LogP contribution in [0.3, 0.4) is 0 Å². The smallest absolute Gasteiger partial charge is 0.242 e. The van der Waals surface area contributed by atoms with Gasteiger partial charge in [0, 0.05) is 35.7 Å². The van der Waals surface area contributed by atoms with E-state index in [1.807, 2.05) is 11.0 Å². The summed E-state index contributed by atoms with van der Waals surface area (Å²) in [5.41, 5.74) is 9.82. The second kappa shape index (κ2) is 8.04. The number of carbonyl (C=O) groups is 1. The van der Waals surface area contributed by atoms with Gasteiger partial charge < -0.3 is 15.2 Å². The van der Waals surface area contributed by atoms with Gasteiger partial charge in [0.05, 0.1) is 0 Å². The fourth-order valence-electron chi connectivity index (χ4n) is 3.57. The summed E-state index contributed by atoms with van der Waals surface area (Å²) in [7, 11) is 0. The van der Waals surface area contributed by atoms with Crippen LogP contribution in [0.2, 0.25) is 0 Å². The zero-order valence-corrected chi connectivity index (χ0v) is 15.4. The molecule has 1 aliphatic heterocycles. The van der Waals surface area contributed by atoms with Crippen molar-refractivity contribution in [3.8, 4) is 0 Å². The summed E-state index contributed by atoms with van der Waals surface area (Å²) < 4.78 is 2.17. The highest BCUT2D eigenvalue weighted by atomic mass is 35.5. The summed E-state index contributed by atoms with van der Waals surface area (Å²) in [6.45, 7) is 6.49. The molecule has 2 heterocycles. The van der Waals surface area contributed by atoms with Crippen molar-refractivity contribution >= 4 is 29.2 Å². The van der Waals surface area contributed by atoms with E-state index in [2.05, 4.69) is 36.6 Å². The molecule has 0 saturated carbocycles. The first-order valence-electron chi connectivity index (χ1n) is 8.72. The number of amides is 1. The van der Waals surface area contributed by atoms with Crippen LogP contribution in [0.1, 0.15) is 37.4 Å². The van der Waals surface area contributed by atoms with E-state index < -0.39 is 0 Å². The van der Waals surface area contributed by atoms with E-state index in [-0.39, 0.29) is 24.4 Å². The first kappa shape index (κ1) is 18.8. The van der Waals surface area contributed by atoms with Gasteiger partial charge in [-0.3, -0.25) is 4.79 Å². The monoisotopic (exact) mass is 349 g/mol. The van der Waals surface area contributed by atoms with Crippen molar-refractivity contribution in [2.75, 3.05) is 13.1 Å². The van der Waals surface area contributed by atoms with Gasteiger partial charge >= 0.3 is 0 Å². The molecule has 2 aromatic rings. The third-order valence-electron chi connectivity index (χ3n) is 5.10. The first-order valence-corrected chi connectivity index (χ1v) is 8.72. The topological polar surface area (TPSA) is 51.3 Å². The summed E-state index contributed by atoms with van der Waals surface area (Å²) in [6.07, 6.45) is 4.10. The number of rotatable bonds is 5. The number of likely N-dealkylation sites (tertiary alicyclic amines) is 1. The molecule has 4 nitrogen and oxygen atoms in total. The third kappa shape index (κ3) is 3.60. The number of aromatic nitrogens is 1. The molecule has 1 saturated heterocycles. The number of para-hydroxylation sites is 1. The highest BCUT2D eigenvalue weighted by molar-refractivity contribution is 5.87. The van der Waals surface area contributed by atoms with Crippen molar-refractivity contribution in [2.45, 2.75) is 52.1 Å². The van der Waals surface area contributed by atoms with Gasteiger partial charge in [-0.15, -0.1) is 12.4 Å². The highest BCUT2D eigenvalue weighted by Crippen LogP contribution is 2.27. The maximum atomic E-state index is 12.6. The van der Waals surface area contributed by atoms with Crippen LogP contribution in [0.4, 0.5) is 0 Å². The van der Waals surface area contributed by atoms with Gasteiger partial charge in [-0.2, -0.15) is 0 Å². The summed E-state index contributed by atoms with van der Waals surface area (Å²) in [5.74, 6) is 0.234. The number of halogens is 1. The van der Waals surface area contributed by atoms with Gasteiger partial charge in [0.2, 0.25) is 5.91 Å². The van der Waals surface area contributed by atoms with Crippen LogP contribution < -0.4 is 5.73 Å². The van der Waals surface area contributed by atoms with Crippen molar-refractivity contribution in [1.82, 2.24) is 9.47 Å². The predicted octanol–water partition coefficient (Wildman–Crippen LogP) is 3.27. The van der Waals surface area contributed by atoms with E-state index in [0.717, 1.165) is 44.3 Å². The van der Waals surface area contributed by atoms with E-state index >= 15 is 0 Å². The minimum absolute atomic E-state index is 0. The Bertz CT molecular complexity index is 704. The molecule has 1 atom stereocenters. The molecule has 0 spiro atoms. The predicted molar refractivity (Wildman–Crippen MR) is 102 cm³/mol. The molecule has 1 unspecified atom stereocenters. The van der Waals surface area contributed by atoms with Crippen LogP contribution >= 0.6 is 12.4 Å². The number of nitrogens with two attached hydrogens (primary N) is 1. The standard InChI is InChI=1S/C19H27N3O.ClH/c1-3-15(20)12-17-14(2)22(18-9-5-4-8-16(17)18)13-19(23)21-10-6-7-11-21;/h4-5,8-9,15H,3,6-7,10-13,20H2,1-2H3;1H. The van der Waals surface area contributed by atoms with Crippen LogP contribution in [-0.4, -0.2) is 34.5 Å². The largest absolute Gasteiger partial charge is 0.341 e. The average Bonchev–Trinajstić information content (AvgIpc) is 3.18. The van der Waals surface area contributed by atoms with E-state index in [9.17, 15) is 4.79 Å². The van der Waals surface area contributed by atoms with E-state index in [0.29, 0.717) is 6.54 Å². The lowest BCUT2D eigenvalue weighted by Gasteiger charge is -2.17. The van der Waals surface area contributed by atoms with Gasteiger partial charge in [0.1, 0.15) is 6.54 Å². The number of nitrogens with zero attached hydrogens (tertiary/aromatic N) is 2. The lowest BCUT2D eigenvalue weighted by Crippen LogP contribution is -2.31. The molecule has 1 amide bonds. The molecule has 132 valence electrons. The SMILES string of the molecule is CCC(N)Cc1c(C)n(CC(=O)N2CCCC2)c2ccccc12.Cl. The molecule has 0 bridgehead atoms. The van der Waals surface area contributed by atoms with E-state index in [1.165, 1.54) is 16.6 Å². The lowest BCUT2D eigenvalue weighted by atomic mass is 10.0. The highest BCUT2D eigenvalue weighted by Gasteiger charge is 2.21. The Labute approximate surface area is 150 Å². The summed E-state index contributed by atoms with van der Waals surface area (Å²) >= 11 is 0. The van der Waals surface area contributed by atoms with Crippen molar-refractivity contribution < 1.29 is 4.79 Å². The molecule has 0 aliphatic carbocycles. The minimum Gasteiger partial charge on any atom is -0.341 e. The van der Waals surface area contributed by atoms with Gasteiger partial charge in [0.15, 0.2) is 0 Å². The van der Waals surface area contributed by atoms with Crippen LogP contribution in [0.5, 0.6) is 0 Å². The number of benzene rings is 1. The van der Waals surface area contributed by atoms with Crippen LogP contribution in [0.25, 0.3) is 10.9 Å². The quantitative estimate of drug-likeness (QED) is 0.900. The van der Waals surface area contributed by atoms with Crippen molar-refractivity contribution in [2.24, 2.45) is 5.73 Å². The second-order valence-electron chi connectivity index (χ2n) is 6.63. The number of fused-ring (bicyclic) bond motifs is 1. The summed E-state index contributed by atoms with van der Waals surface area (Å²) in [5, 5.41) is 1.24. The van der Waals surface area contributed by atoms with Gasteiger partial charge in [-0.25, -0.2) is 0 Å². The normalized spacial score (nSPS) is 15.5. The molecule has 1 aromatic carbocycles. The van der Waals surface area contributed by atoms with Crippen LogP contribution in [0.15, 0.2) is 24.3 Å². The Kier molecular flexibility index (Phi) is 6.30. The van der Waals surface area contributed by atoms with Crippen molar-refractivity contribution in [3.63, 3.8) is 0 Å². The Hall–Kier alpha value is -1.52. The molecule has 3 rings (SSSR count). The fraction of sp³-hybridized carbons (Fsp3) is 0.526. The first-order chi connectivity index (χ1) is 11.1. The number of hydrogen-bond acceptors (Lipinski definition) is 2. The van der Waals surface area contributed by atoms with Crippen LogP contribution in [0, 0.1) is 6.92 Å². The summed E-state index contributed by atoms with van der Waals surface area (Å²) in [4.78, 5) is 14.6. The van der Waals surface area contributed by atoms with Gasteiger partial charge in [-0.1, -0.05) is 25.1 Å². The second-order valence-corrected chi connectivity index (χ2v) is 6.63. The maximum absolute atomic E-state index is 12.6. The van der Waals surface area contributed by atoms with Crippen molar-refractivity contribution in [1.29, 1.82) is 0 Å². The van der Waals surface area contributed by atoms with E-state index in [4.69, 9.17) is 5.73 Å². The zero-order valence-electron chi connectivity index (χ0n) is 14.6. The van der Waals surface area contributed by atoms with Gasteiger partial charge in [-0.05, 0) is 44.2 Å². The van der Waals surface area contributed by atoms with E-state index in [1.54, 1.807) is 0 Å². The Morgan fingerprint density at radius 3 is 2.58 bits per heavy atom. The number of carbonyl (C=O) groups excluding carboxylic acids is 1. The Balaban J connectivity index is 0.00000208. The maximum Gasteiger partial charge on any atom is 0.242 e. The Morgan fingerprint density at radius 1 is 1.25 bits per heavy atom. The molecule has 24 heavy (non-hydrogen) atoms. The molecular weight excluding hydrogens is 322 g/mol. The molecule has 2 N–H and O–H groups in total. The molecule has 0 radical (unpaired) electrons. The Morgan fingerprint density at radius 2 is 1.92 bits per heavy atom. The molecular formula is C19H28ClN3O. The molecule has 5 heteroatoms. The van der Waals surface area contributed by atoms with Crippen LogP contribution in [-0.2, 0) is 17.8 Å². The average molecular weight is 350 g/mol. The van der Waals surface area contributed by atoms with Gasteiger partial charge in [0.25, 0.3) is 0 Å². The third-order valence-corrected chi connectivity index (χ3v) is 5.10.